The second-order valence-corrected chi connectivity index (χ2v) is 7.22. The van der Waals surface area contributed by atoms with Crippen molar-refractivity contribution in [3.05, 3.63) is 99.0 Å². The molecule has 0 unspecified atom stereocenters. The van der Waals surface area contributed by atoms with Crippen LogP contribution in [0.3, 0.4) is 0 Å². The maximum Gasteiger partial charge on any atom is 0.128 e. The van der Waals surface area contributed by atoms with Gasteiger partial charge in [0.1, 0.15) is 25.4 Å². The van der Waals surface area contributed by atoms with Crippen LogP contribution in [0.1, 0.15) is 22.3 Å². The van der Waals surface area contributed by atoms with E-state index in [1.807, 2.05) is 42.5 Å². The van der Waals surface area contributed by atoms with Gasteiger partial charge in [0.25, 0.3) is 0 Å². The van der Waals surface area contributed by atoms with Gasteiger partial charge >= 0.3 is 0 Å². The van der Waals surface area contributed by atoms with Crippen LogP contribution >= 0.6 is 23.2 Å². The van der Waals surface area contributed by atoms with Crippen molar-refractivity contribution in [1.29, 1.82) is 0 Å². The first-order valence-corrected chi connectivity index (χ1v) is 9.38. The fourth-order valence-electron chi connectivity index (χ4n) is 2.71. The second kappa shape index (κ2) is 9.09. The van der Waals surface area contributed by atoms with Crippen LogP contribution in [0.15, 0.2) is 66.7 Å². The summed E-state index contributed by atoms with van der Waals surface area (Å²) in [7, 11) is 0. The van der Waals surface area contributed by atoms with Gasteiger partial charge in [-0.15, -0.1) is 0 Å². The van der Waals surface area contributed by atoms with Crippen LogP contribution in [0.5, 0.6) is 5.75 Å². The Labute approximate surface area is 164 Å². The molecular weight excluding hydrogens is 365 g/mol. The van der Waals surface area contributed by atoms with Gasteiger partial charge in [-0.2, -0.15) is 0 Å². The van der Waals surface area contributed by atoms with Gasteiger partial charge in [0, 0.05) is 21.2 Å². The number of aryl methyl sites for hydroxylation is 1. The molecule has 3 rings (SSSR count). The van der Waals surface area contributed by atoms with E-state index in [4.69, 9.17) is 27.9 Å². The highest BCUT2D eigenvalue weighted by molar-refractivity contribution is 6.30. The van der Waals surface area contributed by atoms with E-state index < -0.39 is 0 Å². The van der Waals surface area contributed by atoms with Crippen LogP contribution in [-0.4, -0.2) is 0 Å². The summed E-state index contributed by atoms with van der Waals surface area (Å²) in [4.78, 5) is 0. The minimum Gasteiger partial charge on any atom is -0.488 e. The van der Waals surface area contributed by atoms with Crippen molar-refractivity contribution >= 4 is 23.2 Å². The van der Waals surface area contributed by atoms with E-state index in [0.717, 1.165) is 40.0 Å². The predicted molar refractivity (Wildman–Crippen MR) is 108 cm³/mol. The molecule has 2 nitrogen and oxygen atoms in total. The summed E-state index contributed by atoms with van der Waals surface area (Å²) in [5.41, 5.74) is 4.76. The fourth-order valence-corrected chi connectivity index (χ4v) is 3.03. The molecule has 0 aliphatic rings. The van der Waals surface area contributed by atoms with Gasteiger partial charge < -0.3 is 10.1 Å². The van der Waals surface area contributed by atoms with E-state index in [9.17, 15) is 0 Å². The van der Waals surface area contributed by atoms with Crippen molar-refractivity contribution < 1.29 is 10.1 Å². The van der Waals surface area contributed by atoms with Crippen LogP contribution in [0.4, 0.5) is 0 Å². The summed E-state index contributed by atoms with van der Waals surface area (Å²) in [5, 5.41) is 3.71. The molecular formula is C22H22Cl2NO+. The third kappa shape index (κ3) is 5.50. The van der Waals surface area contributed by atoms with E-state index in [0.29, 0.717) is 6.61 Å². The summed E-state index contributed by atoms with van der Waals surface area (Å²) in [6, 6.07) is 22.1. The molecule has 134 valence electrons. The molecule has 0 spiro atoms. The van der Waals surface area contributed by atoms with Crippen molar-refractivity contribution in [3.8, 4) is 5.75 Å². The van der Waals surface area contributed by atoms with Gasteiger partial charge in [-0.1, -0.05) is 65.2 Å². The largest absolute Gasteiger partial charge is 0.488 e. The van der Waals surface area contributed by atoms with E-state index in [1.165, 1.54) is 11.1 Å². The molecule has 3 aromatic rings. The Morgan fingerprint density at radius 3 is 2.15 bits per heavy atom. The monoisotopic (exact) mass is 386 g/mol. The summed E-state index contributed by atoms with van der Waals surface area (Å²) < 4.78 is 6.01. The Kier molecular flexibility index (Phi) is 6.56. The van der Waals surface area contributed by atoms with E-state index in [-0.39, 0.29) is 0 Å². The molecule has 2 N–H and O–H groups in total. The molecule has 0 aromatic heterocycles. The van der Waals surface area contributed by atoms with E-state index >= 15 is 0 Å². The fraction of sp³-hybridized carbons (Fsp3) is 0.182. The highest BCUT2D eigenvalue weighted by Crippen LogP contribution is 2.23. The first-order chi connectivity index (χ1) is 12.6. The third-order valence-electron chi connectivity index (χ3n) is 4.20. The van der Waals surface area contributed by atoms with Gasteiger partial charge in [0.05, 0.1) is 0 Å². The van der Waals surface area contributed by atoms with Crippen molar-refractivity contribution in [2.75, 3.05) is 0 Å². The first-order valence-electron chi connectivity index (χ1n) is 8.63. The maximum absolute atomic E-state index is 6.18. The van der Waals surface area contributed by atoms with Gasteiger partial charge in [-0.25, -0.2) is 0 Å². The molecule has 0 saturated heterocycles. The minimum absolute atomic E-state index is 0.504. The van der Waals surface area contributed by atoms with Gasteiger partial charge in [-0.3, -0.25) is 0 Å². The van der Waals surface area contributed by atoms with Gasteiger partial charge in [0.15, 0.2) is 0 Å². The Morgan fingerprint density at radius 2 is 1.42 bits per heavy atom. The van der Waals surface area contributed by atoms with Crippen LogP contribution < -0.4 is 10.1 Å². The molecule has 26 heavy (non-hydrogen) atoms. The maximum atomic E-state index is 6.18. The summed E-state index contributed by atoms with van der Waals surface area (Å²) >= 11 is 12.1. The summed E-state index contributed by atoms with van der Waals surface area (Å²) in [6.45, 7) is 4.33. The number of ether oxygens (including phenoxy) is 1. The number of nitrogens with two attached hydrogens (primary N) is 1. The number of benzene rings is 3. The number of quaternary nitrogens is 1. The molecule has 0 aliphatic carbocycles. The molecule has 0 bridgehead atoms. The topological polar surface area (TPSA) is 25.8 Å². The van der Waals surface area contributed by atoms with Crippen LogP contribution in [-0.2, 0) is 19.7 Å². The first kappa shape index (κ1) is 18.8. The van der Waals surface area contributed by atoms with Crippen molar-refractivity contribution in [3.63, 3.8) is 0 Å². The summed E-state index contributed by atoms with van der Waals surface area (Å²) in [5.74, 6) is 0.865. The Bertz CT molecular complexity index is 845. The normalized spacial score (nSPS) is 10.7. The molecule has 0 saturated carbocycles. The second-order valence-electron chi connectivity index (χ2n) is 6.35. The Morgan fingerprint density at radius 1 is 0.769 bits per heavy atom. The average Bonchev–Trinajstić information content (AvgIpc) is 2.64. The van der Waals surface area contributed by atoms with E-state index in [2.05, 4.69) is 36.5 Å². The van der Waals surface area contributed by atoms with Crippen LogP contribution in [0.2, 0.25) is 10.0 Å². The standard InChI is InChI=1S/C22H21Cl2NO/c1-16-2-4-17(5-3-16)13-25-14-19-12-21(24)10-11-22(19)26-15-18-6-8-20(23)9-7-18/h2-12,25H,13-15H2,1H3/p+1. The average molecular weight is 387 g/mol. The highest BCUT2D eigenvalue weighted by atomic mass is 35.5. The minimum atomic E-state index is 0.504. The number of halogens is 2. The van der Waals surface area contributed by atoms with Gasteiger partial charge in [-0.05, 0) is 42.8 Å². The zero-order chi connectivity index (χ0) is 18.4. The molecule has 0 radical (unpaired) electrons. The zero-order valence-corrected chi connectivity index (χ0v) is 16.2. The molecule has 0 fully saturated rings. The number of rotatable bonds is 7. The lowest BCUT2D eigenvalue weighted by atomic mass is 10.1. The number of hydrogen-bond acceptors (Lipinski definition) is 1. The van der Waals surface area contributed by atoms with Crippen molar-refractivity contribution in [1.82, 2.24) is 0 Å². The highest BCUT2D eigenvalue weighted by Gasteiger charge is 2.08. The molecule has 0 heterocycles. The smallest absolute Gasteiger partial charge is 0.128 e. The lowest BCUT2D eigenvalue weighted by Crippen LogP contribution is -2.80. The molecule has 0 atom stereocenters. The Hall–Kier alpha value is -2.00. The van der Waals surface area contributed by atoms with Crippen molar-refractivity contribution in [2.24, 2.45) is 0 Å². The van der Waals surface area contributed by atoms with Gasteiger partial charge in [0.2, 0.25) is 0 Å². The molecule has 3 aromatic carbocycles. The third-order valence-corrected chi connectivity index (χ3v) is 4.68. The molecule has 0 amide bonds. The van der Waals surface area contributed by atoms with Crippen LogP contribution in [0, 0.1) is 6.92 Å². The SMILES string of the molecule is Cc1ccc(C[NH2+]Cc2cc(Cl)ccc2OCc2ccc(Cl)cc2)cc1. The van der Waals surface area contributed by atoms with E-state index in [1.54, 1.807) is 0 Å². The lowest BCUT2D eigenvalue weighted by Gasteiger charge is -2.12. The Balaban J connectivity index is 1.61. The summed E-state index contributed by atoms with van der Waals surface area (Å²) in [6.07, 6.45) is 0. The van der Waals surface area contributed by atoms with Crippen LogP contribution in [0.25, 0.3) is 0 Å². The molecule has 4 heteroatoms. The molecule has 0 aliphatic heterocycles. The number of hydrogen-bond donors (Lipinski definition) is 1. The quantitative estimate of drug-likeness (QED) is 0.597. The zero-order valence-electron chi connectivity index (χ0n) is 14.7. The lowest BCUT2D eigenvalue weighted by molar-refractivity contribution is -0.686. The predicted octanol–water partition coefficient (Wildman–Crippen LogP) is 5.14. The van der Waals surface area contributed by atoms with Crippen molar-refractivity contribution in [2.45, 2.75) is 26.6 Å².